The lowest BCUT2D eigenvalue weighted by atomic mass is 9.91. The van der Waals surface area contributed by atoms with E-state index in [2.05, 4.69) is 273 Å². The average molecular weight is 1550 g/mol. The van der Waals surface area contributed by atoms with E-state index in [1.54, 1.807) is 42.6 Å². The second-order valence-corrected chi connectivity index (χ2v) is 37.0. The highest BCUT2D eigenvalue weighted by molar-refractivity contribution is 7.13. The van der Waals surface area contributed by atoms with Crippen molar-refractivity contribution < 1.29 is 0 Å². The number of aromatic amines is 2. The maximum Gasteiger partial charge on any atom is 0.188 e. The van der Waals surface area contributed by atoms with E-state index in [0.717, 1.165) is 164 Å². The minimum atomic E-state index is -0.0411. The highest BCUT2D eigenvalue weighted by atomic mass is 32.1. The Balaban J connectivity index is 0.000000164. The molecule has 0 spiro atoms. The third-order valence-electron chi connectivity index (χ3n) is 18.5. The van der Waals surface area contributed by atoms with Gasteiger partial charge in [-0.1, -0.05) is 145 Å². The van der Waals surface area contributed by atoms with Crippen LogP contribution in [0.15, 0.2) is 129 Å². The summed E-state index contributed by atoms with van der Waals surface area (Å²) in [6, 6.07) is 16.7. The summed E-state index contributed by atoms with van der Waals surface area (Å²) >= 11 is 1.55. The number of hydrogen-bond acceptors (Lipinski definition) is 25. The molecule has 0 amide bonds. The van der Waals surface area contributed by atoms with Crippen molar-refractivity contribution in [3.05, 3.63) is 180 Å². The van der Waals surface area contributed by atoms with Crippen molar-refractivity contribution in [2.24, 2.45) is 5.73 Å². The normalized spacial score (nSPS) is 16.5. The van der Waals surface area contributed by atoms with E-state index in [4.69, 9.17) is 10.7 Å². The molecule has 10 aromatic heterocycles. The number of piperazine rings is 1. The standard InChI is InChI=1S/2C13H22N4.C13H21N3.C12H20N4.C12H15N3.C11H14N4S.C11H14N4/c1-13(2,3)12-15-6-10(7-16-12)8-17-5-4-11(14)9-17;1-13(2,3)12-15-8-6-11(17-12)16-10-5-4-7-14-9-10;1-13(2,3)12-15-9-6-11(16-12)10-4-7-14-8-5-10;1-12(2,3)11-14-5-4-10(15-11)16-8-6-13-7-9-16;1-12(2,3)11-7-10(14-8-15-11)9-5-4-6-13-9;1-11(2,3)9-12-5-4-8(14-9)15-10-13-6-7-16-10;1-11(2,3)10-4-9(12-7-13-10)8-5-14-15-6-8/h6-7,11H,4-5,8-9,14H2,1-3H3;6,8,10,14H,4-5,7,9H2,1-3H3,(H,15,16,17);6,9-10,14H,4-5,7-8H2,1-3H3;4-5,13H,6-9H2,1-3H3;4-8,13H,1-3H3;4-7H,1-3H3,(H,12,13,14,15);4-7H,1-3H3,(H,14,15). The number of rotatable bonds is 10. The van der Waals surface area contributed by atoms with Crippen molar-refractivity contribution in [1.29, 1.82) is 0 Å². The summed E-state index contributed by atoms with van der Waals surface area (Å²) in [6.45, 7) is 56.3. The number of H-pyrrole nitrogens is 2. The summed E-state index contributed by atoms with van der Waals surface area (Å²) in [6.07, 6.45) is 27.7. The predicted octanol–water partition coefficient (Wildman–Crippen LogP) is 14.6. The monoisotopic (exact) mass is 1550 g/mol. The Morgan fingerprint density at radius 1 is 0.500 bits per heavy atom. The zero-order chi connectivity index (χ0) is 81.3. The van der Waals surface area contributed by atoms with Crippen LogP contribution in [0.3, 0.4) is 0 Å². The van der Waals surface area contributed by atoms with Crippen molar-refractivity contribution in [2.75, 3.05) is 81.0 Å². The van der Waals surface area contributed by atoms with Gasteiger partial charge in [0.25, 0.3) is 0 Å². The number of nitrogens with zero attached hydrogens (tertiary/aromatic N) is 18. The van der Waals surface area contributed by atoms with Crippen LogP contribution >= 0.6 is 11.3 Å². The fourth-order valence-corrected chi connectivity index (χ4v) is 12.4. The fraction of sp³-hybridized carbons (Fsp3) is 0.553. The number of nitrogens with two attached hydrogens (primary N) is 1. The van der Waals surface area contributed by atoms with Gasteiger partial charge in [-0.05, 0) is 100 Å². The minimum Gasteiger partial charge on any atom is -0.366 e. The van der Waals surface area contributed by atoms with Gasteiger partial charge < -0.3 is 42.2 Å². The van der Waals surface area contributed by atoms with Crippen LogP contribution in [0.5, 0.6) is 0 Å². The molecule has 4 fully saturated rings. The molecule has 2 unspecified atom stereocenters. The van der Waals surface area contributed by atoms with Crippen LogP contribution in [-0.2, 0) is 44.4 Å². The molecule has 112 heavy (non-hydrogen) atoms. The molecule has 0 aromatic carbocycles. The first-order valence-electron chi connectivity index (χ1n) is 39.6. The fourth-order valence-electron chi connectivity index (χ4n) is 11.8. The van der Waals surface area contributed by atoms with Gasteiger partial charge in [0.1, 0.15) is 59.2 Å². The summed E-state index contributed by atoms with van der Waals surface area (Å²) in [5, 5.41) is 26.2. The average Bonchev–Trinajstić information content (AvgIpc) is 1.82. The highest BCUT2D eigenvalue weighted by Crippen LogP contribution is 2.30. The van der Waals surface area contributed by atoms with Crippen LogP contribution in [-0.4, -0.2) is 172 Å². The van der Waals surface area contributed by atoms with Gasteiger partial charge in [0, 0.05) is 198 Å². The lowest BCUT2D eigenvalue weighted by Gasteiger charge is -2.29. The van der Waals surface area contributed by atoms with Crippen LogP contribution in [0.25, 0.3) is 22.6 Å². The number of piperidine rings is 2. The number of hydrogen-bond donors (Lipinski definition) is 8. The Hall–Kier alpha value is -9.12. The molecule has 4 aliphatic heterocycles. The van der Waals surface area contributed by atoms with Gasteiger partial charge in [-0.15, -0.1) is 11.3 Å². The molecular formula is C85H128N26S. The second-order valence-electron chi connectivity index (χ2n) is 36.1. The van der Waals surface area contributed by atoms with Crippen molar-refractivity contribution >= 4 is 33.9 Å². The molecule has 14 heterocycles. The molecule has 14 rings (SSSR count). The Morgan fingerprint density at radius 2 is 1.05 bits per heavy atom. The van der Waals surface area contributed by atoms with E-state index in [-0.39, 0.29) is 37.9 Å². The third kappa shape index (κ3) is 29.4. The number of aromatic nitrogens is 18. The second kappa shape index (κ2) is 40.6. The first kappa shape index (κ1) is 88.4. The summed E-state index contributed by atoms with van der Waals surface area (Å²) in [7, 11) is 0. The van der Waals surface area contributed by atoms with Crippen molar-refractivity contribution in [2.45, 2.75) is 240 Å². The number of likely N-dealkylation sites (tertiary alicyclic amines) is 1. The van der Waals surface area contributed by atoms with Crippen molar-refractivity contribution in [3.8, 4) is 22.6 Å². The summed E-state index contributed by atoms with van der Waals surface area (Å²) in [5.74, 6) is 7.91. The number of nitrogens with one attached hydrogen (secondary N) is 7. The maximum absolute atomic E-state index is 5.89. The zero-order valence-electron chi connectivity index (χ0n) is 70.7. The SMILES string of the molecule is CC(C)(C)c1cc(-c2ccc[nH]2)ncn1.CC(C)(C)c1cc(-c2cn[nH]c2)ncn1.CC(C)(C)c1ncc(CN2CCC(N)C2)cn1.CC(C)(C)c1nccc(C2CCNCC2)n1.CC(C)(C)c1nccc(N2CCNCC2)n1.CC(C)(C)c1nccc(NC2CCCNC2)n1.CC(C)(C)c1nccc(Nc2nccs2)n1. The van der Waals surface area contributed by atoms with Crippen LogP contribution in [0, 0.1) is 0 Å². The Bertz CT molecular complexity index is 4170. The lowest BCUT2D eigenvalue weighted by molar-refractivity contribution is 0.325. The third-order valence-corrected chi connectivity index (χ3v) is 19.1. The Kier molecular flexibility index (Phi) is 32.0. The number of thiazole rings is 1. The van der Waals surface area contributed by atoms with E-state index in [9.17, 15) is 0 Å². The molecule has 4 aliphatic rings. The molecule has 2 atom stereocenters. The highest BCUT2D eigenvalue weighted by Gasteiger charge is 2.26. The molecule has 0 aliphatic carbocycles. The van der Waals surface area contributed by atoms with Crippen LogP contribution in [0.2, 0.25) is 0 Å². The van der Waals surface area contributed by atoms with Crippen LogP contribution in [0.4, 0.5) is 22.6 Å². The molecule has 10 aromatic rings. The van der Waals surface area contributed by atoms with Gasteiger partial charge >= 0.3 is 0 Å². The van der Waals surface area contributed by atoms with E-state index in [1.165, 1.54) is 36.9 Å². The van der Waals surface area contributed by atoms with Gasteiger partial charge in [0.05, 0.1) is 23.3 Å². The van der Waals surface area contributed by atoms with Gasteiger partial charge in [-0.25, -0.2) is 74.8 Å². The molecule has 0 bridgehead atoms. The van der Waals surface area contributed by atoms with Crippen molar-refractivity contribution in [3.63, 3.8) is 0 Å². The van der Waals surface area contributed by atoms with E-state index < -0.39 is 0 Å². The summed E-state index contributed by atoms with van der Waals surface area (Å²) < 4.78 is 0. The minimum absolute atomic E-state index is 0.00248. The smallest absolute Gasteiger partial charge is 0.188 e. The van der Waals surface area contributed by atoms with E-state index in [1.807, 2.05) is 91.2 Å². The summed E-state index contributed by atoms with van der Waals surface area (Å²) in [4.78, 5) is 73.7. The van der Waals surface area contributed by atoms with Gasteiger partial charge in [-0.2, -0.15) is 5.10 Å². The first-order chi connectivity index (χ1) is 52.8. The number of anilines is 4. The topological polar surface area (TPSA) is 330 Å². The Morgan fingerprint density at radius 3 is 1.58 bits per heavy atom. The van der Waals surface area contributed by atoms with E-state index >= 15 is 0 Å². The predicted molar refractivity (Wildman–Crippen MR) is 455 cm³/mol. The molecule has 27 heteroatoms. The molecule has 4 saturated heterocycles. The van der Waals surface area contributed by atoms with Gasteiger partial charge in [-0.3, -0.25) is 10.00 Å². The molecule has 26 nitrogen and oxygen atoms in total. The molecule has 0 radical (unpaired) electrons. The van der Waals surface area contributed by atoms with Crippen LogP contribution < -0.4 is 37.2 Å². The van der Waals surface area contributed by atoms with Gasteiger partial charge in [0.2, 0.25) is 0 Å². The van der Waals surface area contributed by atoms with Crippen molar-refractivity contribution in [1.82, 2.24) is 111 Å². The lowest BCUT2D eigenvalue weighted by Crippen LogP contribution is -2.44. The largest absolute Gasteiger partial charge is 0.366 e. The van der Waals surface area contributed by atoms with Gasteiger partial charge in [0.15, 0.2) is 5.13 Å². The molecule has 0 saturated carbocycles. The maximum atomic E-state index is 5.89. The first-order valence-corrected chi connectivity index (χ1v) is 40.4. The molecular weight excluding hydrogens is 1420 g/mol. The quantitative estimate of drug-likeness (QED) is 0.0630. The summed E-state index contributed by atoms with van der Waals surface area (Å²) in [5.41, 5.74) is 14.4. The Labute approximate surface area is 670 Å². The molecule has 9 N–H and O–H groups in total. The zero-order valence-corrected chi connectivity index (χ0v) is 71.5. The van der Waals surface area contributed by atoms with E-state index in [0.29, 0.717) is 18.0 Å². The van der Waals surface area contributed by atoms with Crippen LogP contribution in [0.1, 0.15) is 235 Å². The molecule has 604 valence electrons.